The molecule has 20 heavy (non-hydrogen) atoms. The van der Waals surface area contributed by atoms with Crippen molar-refractivity contribution in [2.75, 3.05) is 6.61 Å². The van der Waals surface area contributed by atoms with Crippen LogP contribution >= 0.6 is 11.6 Å². The molecule has 0 aromatic heterocycles. The molecule has 0 bridgehead atoms. The smallest absolute Gasteiger partial charge is 0.123 e. The van der Waals surface area contributed by atoms with Crippen LogP contribution in [0.5, 0.6) is 5.75 Å². The fourth-order valence-electron chi connectivity index (χ4n) is 2.19. The number of halogens is 1. The highest BCUT2D eigenvalue weighted by Crippen LogP contribution is 2.33. The van der Waals surface area contributed by atoms with E-state index in [1.54, 1.807) is 0 Å². The molecule has 0 saturated carbocycles. The van der Waals surface area contributed by atoms with E-state index in [1.807, 2.05) is 6.92 Å². The Morgan fingerprint density at radius 3 is 2.60 bits per heavy atom. The third-order valence-electron chi connectivity index (χ3n) is 3.27. The number of rotatable bonds is 5. The summed E-state index contributed by atoms with van der Waals surface area (Å²) < 4.78 is 5.90. The molecule has 0 amide bonds. The van der Waals surface area contributed by atoms with E-state index in [1.165, 1.54) is 5.56 Å². The Labute approximate surface area is 128 Å². The molecule has 0 N–H and O–H groups in total. The fourth-order valence-corrected chi connectivity index (χ4v) is 2.36. The van der Waals surface area contributed by atoms with Gasteiger partial charge in [-0.1, -0.05) is 38.3 Å². The van der Waals surface area contributed by atoms with Crippen LogP contribution in [-0.2, 0) is 6.42 Å². The van der Waals surface area contributed by atoms with Crippen LogP contribution in [0.25, 0.3) is 0 Å². The Morgan fingerprint density at radius 2 is 2.00 bits per heavy atom. The van der Waals surface area contributed by atoms with Crippen LogP contribution in [-0.4, -0.2) is 6.61 Å². The van der Waals surface area contributed by atoms with Crippen LogP contribution in [0.3, 0.4) is 0 Å². The number of hydrogen-bond donors (Lipinski definition) is 0. The van der Waals surface area contributed by atoms with Crippen LogP contribution in [0.4, 0.5) is 0 Å². The van der Waals surface area contributed by atoms with E-state index >= 15 is 0 Å². The second-order valence-electron chi connectivity index (χ2n) is 5.24. The van der Waals surface area contributed by atoms with Gasteiger partial charge in [0.1, 0.15) is 5.75 Å². The minimum Gasteiger partial charge on any atom is -0.493 e. The molecule has 1 atom stereocenters. The van der Waals surface area contributed by atoms with Gasteiger partial charge >= 0.3 is 0 Å². The van der Waals surface area contributed by atoms with Crippen molar-refractivity contribution in [1.82, 2.24) is 0 Å². The standard InChI is InChI=1S/C18H25ClO/c1-6-8-9-13(3)11-16-15(5)18(19)14(4)12-17(16)20-10-7-2/h12-13H,6-7,10-11H2,1-5H3. The lowest BCUT2D eigenvalue weighted by molar-refractivity contribution is 0.313. The first-order valence-corrected chi connectivity index (χ1v) is 7.78. The second-order valence-corrected chi connectivity index (χ2v) is 5.62. The van der Waals surface area contributed by atoms with Crippen molar-refractivity contribution in [3.63, 3.8) is 0 Å². The molecule has 0 radical (unpaired) electrons. The number of hydrogen-bond acceptors (Lipinski definition) is 1. The highest BCUT2D eigenvalue weighted by atomic mass is 35.5. The molecule has 1 unspecified atom stereocenters. The Hall–Kier alpha value is -1.13. The Morgan fingerprint density at radius 1 is 1.30 bits per heavy atom. The van der Waals surface area contributed by atoms with Crippen LogP contribution in [0.2, 0.25) is 5.02 Å². The molecular formula is C18H25ClO. The van der Waals surface area contributed by atoms with E-state index in [2.05, 4.69) is 45.6 Å². The van der Waals surface area contributed by atoms with E-state index in [4.69, 9.17) is 16.3 Å². The maximum atomic E-state index is 6.39. The van der Waals surface area contributed by atoms with Crippen LogP contribution < -0.4 is 4.74 Å². The third-order valence-corrected chi connectivity index (χ3v) is 3.85. The van der Waals surface area contributed by atoms with Crippen LogP contribution in [0.15, 0.2) is 6.07 Å². The van der Waals surface area contributed by atoms with Gasteiger partial charge in [-0.2, -0.15) is 0 Å². The highest BCUT2D eigenvalue weighted by Gasteiger charge is 2.15. The minimum absolute atomic E-state index is 0.316. The third kappa shape index (κ3) is 4.46. The SMILES string of the molecule is CCC#CC(C)Cc1c(OCCC)cc(C)c(Cl)c1C. The molecule has 2 heteroatoms. The fraction of sp³-hybridized carbons (Fsp3) is 0.556. The summed E-state index contributed by atoms with van der Waals surface area (Å²) in [5.74, 6) is 7.71. The lowest BCUT2D eigenvalue weighted by Crippen LogP contribution is -2.06. The summed E-state index contributed by atoms with van der Waals surface area (Å²) >= 11 is 6.39. The largest absolute Gasteiger partial charge is 0.493 e. The van der Waals surface area contributed by atoms with Crippen molar-refractivity contribution >= 4 is 11.6 Å². The Bertz CT molecular complexity index is 508. The van der Waals surface area contributed by atoms with E-state index in [-0.39, 0.29) is 0 Å². The first-order chi connectivity index (χ1) is 9.51. The summed E-state index contributed by atoms with van der Waals surface area (Å²) in [6, 6.07) is 2.06. The zero-order valence-corrected chi connectivity index (χ0v) is 14.0. The average molecular weight is 293 g/mol. The zero-order chi connectivity index (χ0) is 15.1. The van der Waals surface area contributed by atoms with Gasteiger partial charge in [-0.15, -0.1) is 5.92 Å². The van der Waals surface area contributed by atoms with Crippen molar-refractivity contribution in [1.29, 1.82) is 0 Å². The summed E-state index contributed by atoms with van der Waals surface area (Å²) in [5.41, 5.74) is 3.40. The topological polar surface area (TPSA) is 9.23 Å². The normalized spacial score (nSPS) is 11.7. The van der Waals surface area contributed by atoms with Gasteiger partial charge < -0.3 is 4.74 Å². The molecule has 0 heterocycles. The van der Waals surface area contributed by atoms with Gasteiger partial charge in [0.25, 0.3) is 0 Å². The van der Waals surface area contributed by atoms with Crippen LogP contribution in [0, 0.1) is 31.6 Å². The van der Waals surface area contributed by atoms with Gasteiger partial charge in [-0.3, -0.25) is 0 Å². The minimum atomic E-state index is 0.316. The van der Waals surface area contributed by atoms with Gasteiger partial charge in [0.05, 0.1) is 6.61 Å². The Balaban J connectivity index is 3.10. The van der Waals surface area contributed by atoms with Gasteiger partial charge in [-0.25, -0.2) is 0 Å². The van der Waals surface area contributed by atoms with Gasteiger partial charge in [0.2, 0.25) is 0 Å². The molecule has 1 aromatic carbocycles. The van der Waals surface area contributed by atoms with E-state index in [9.17, 15) is 0 Å². The average Bonchev–Trinajstić information content (AvgIpc) is 2.44. The van der Waals surface area contributed by atoms with Crippen molar-refractivity contribution in [3.8, 4) is 17.6 Å². The van der Waals surface area contributed by atoms with Gasteiger partial charge in [0, 0.05) is 17.4 Å². The first kappa shape index (κ1) is 16.9. The van der Waals surface area contributed by atoms with Crippen LogP contribution in [0.1, 0.15) is 50.3 Å². The maximum absolute atomic E-state index is 6.39. The molecule has 1 nitrogen and oxygen atoms in total. The highest BCUT2D eigenvalue weighted by molar-refractivity contribution is 6.32. The van der Waals surface area contributed by atoms with E-state index in [0.717, 1.165) is 47.8 Å². The number of aryl methyl sites for hydroxylation is 1. The van der Waals surface area contributed by atoms with Crippen molar-refractivity contribution < 1.29 is 4.74 Å². The molecule has 110 valence electrons. The zero-order valence-electron chi connectivity index (χ0n) is 13.3. The monoisotopic (exact) mass is 292 g/mol. The number of ether oxygens (including phenoxy) is 1. The molecule has 0 aliphatic carbocycles. The van der Waals surface area contributed by atoms with Crippen molar-refractivity contribution in [3.05, 3.63) is 27.8 Å². The van der Waals surface area contributed by atoms with Gasteiger partial charge in [-0.05, 0) is 49.4 Å². The summed E-state index contributed by atoms with van der Waals surface area (Å²) in [6.45, 7) is 11.2. The second kappa shape index (κ2) is 8.22. The lowest BCUT2D eigenvalue weighted by atomic mass is 9.95. The molecule has 0 fully saturated rings. The molecule has 1 rings (SSSR count). The lowest BCUT2D eigenvalue weighted by Gasteiger charge is -2.18. The maximum Gasteiger partial charge on any atom is 0.123 e. The van der Waals surface area contributed by atoms with Crippen molar-refractivity contribution in [2.45, 2.75) is 53.9 Å². The molecule has 0 saturated heterocycles. The summed E-state index contributed by atoms with van der Waals surface area (Å²) in [6.07, 6.45) is 2.79. The van der Waals surface area contributed by atoms with E-state index in [0.29, 0.717) is 5.92 Å². The van der Waals surface area contributed by atoms with Gasteiger partial charge in [0.15, 0.2) is 0 Å². The van der Waals surface area contributed by atoms with E-state index < -0.39 is 0 Å². The predicted octanol–water partition coefficient (Wildman–Crippen LogP) is 5.34. The molecular weight excluding hydrogens is 268 g/mol. The summed E-state index contributed by atoms with van der Waals surface area (Å²) in [4.78, 5) is 0. The molecule has 0 aliphatic rings. The number of benzene rings is 1. The Kier molecular flexibility index (Phi) is 6.96. The quantitative estimate of drug-likeness (QED) is 0.666. The molecule has 0 spiro atoms. The van der Waals surface area contributed by atoms with Crippen molar-refractivity contribution in [2.24, 2.45) is 5.92 Å². The first-order valence-electron chi connectivity index (χ1n) is 7.40. The summed E-state index contributed by atoms with van der Waals surface area (Å²) in [5, 5.41) is 0.847. The molecule has 0 aliphatic heterocycles. The molecule has 1 aromatic rings. The predicted molar refractivity (Wildman–Crippen MR) is 87.6 cm³/mol. The summed E-state index contributed by atoms with van der Waals surface area (Å²) in [7, 11) is 0.